The summed E-state index contributed by atoms with van der Waals surface area (Å²) in [4.78, 5) is 0. The molecule has 2 fully saturated rings. The van der Waals surface area contributed by atoms with Gasteiger partial charge in [-0.15, -0.1) is 0 Å². The van der Waals surface area contributed by atoms with Gasteiger partial charge in [0.25, 0.3) is 0 Å². The van der Waals surface area contributed by atoms with Crippen molar-refractivity contribution >= 4 is 9.84 Å². The molecule has 3 atom stereocenters. The van der Waals surface area contributed by atoms with Gasteiger partial charge < -0.3 is 5.32 Å². The zero-order valence-corrected chi connectivity index (χ0v) is 14.6. The molecule has 2 rings (SSSR count). The second-order valence-corrected chi connectivity index (χ2v) is 9.43. The van der Waals surface area contributed by atoms with Gasteiger partial charge in [0.1, 0.15) is 0 Å². The van der Waals surface area contributed by atoms with E-state index in [9.17, 15) is 8.42 Å². The van der Waals surface area contributed by atoms with Crippen molar-refractivity contribution in [3.8, 4) is 0 Å². The molecule has 21 heavy (non-hydrogen) atoms. The first-order valence-electron chi connectivity index (χ1n) is 9.01. The zero-order valence-electron chi connectivity index (χ0n) is 13.8. The van der Waals surface area contributed by atoms with Crippen LogP contribution in [0.5, 0.6) is 0 Å². The van der Waals surface area contributed by atoms with Crippen LogP contribution in [0.2, 0.25) is 0 Å². The van der Waals surface area contributed by atoms with E-state index in [0.717, 1.165) is 45.1 Å². The number of rotatable bonds is 7. The molecule has 2 saturated carbocycles. The average Bonchev–Trinajstić information content (AvgIpc) is 2.97. The van der Waals surface area contributed by atoms with Crippen molar-refractivity contribution in [2.45, 2.75) is 82.9 Å². The first-order valence-corrected chi connectivity index (χ1v) is 10.7. The molecule has 0 amide bonds. The third-order valence-corrected chi connectivity index (χ3v) is 7.92. The maximum atomic E-state index is 12.9. The third-order valence-electron chi connectivity index (χ3n) is 5.54. The molecule has 0 spiro atoms. The molecule has 1 N–H and O–H groups in total. The SMILES string of the molecule is CCCNC1CCC(CC)CC1S(=O)(=O)CC1CCCC1. The van der Waals surface area contributed by atoms with Crippen LogP contribution < -0.4 is 5.32 Å². The first-order chi connectivity index (χ1) is 10.1. The van der Waals surface area contributed by atoms with Crippen LogP contribution in [0.4, 0.5) is 0 Å². The lowest BCUT2D eigenvalue weighted by molar-refractivity contribution is 0.287. The van der Waals surface area contributed by atoms with Crippen molar-refractivity contribution in [1.29, 1.82) is 0 Å². The Bertz CT molecular complexity index is 401. The maximum absolute atomic E-state index is 12.9. The maximum Gasteiger partial charge on any atom is 0.154 e. The van der Waals surface area contributed by atoms with Crippen LogP contribution in [0.1, 0.15) is 71.6 Å². The zero-order chi connectivity index (χ0) is 15.3. The third kappa shape index (κ3) is 4.69. The van der Waals surface area contributed by atoms with Crippen LogP contribution in [0.25, 0.3) is 0 Å². The molecule has 0 heterocycles. The van der Waals surface area contributed by atoms with Crippen LogP contribution in [0.3, 0.4) is 0 Å². The highest BCUT2D eigenvalue weighted by atomic mass is 32.2. The molecule has 3 unspecified atom stereocenters. The monoisotopic (exact) mass is 315 g/mol. The molecule has 0 aromatic carbocycles. The standard InChI is InChI=1S/C17H33NO2S/c1-3-11-18-16-10-9-14(4-2)12-17(16)21(19,20)13-15-7-5-6-8-15/h14-18H,3-13H2,1-2H3. The molecular formula is C17H33NO2S. The Hall–Kier alpha value is -0.0900. The Balaban J connectivity index is 2.05. The van der Waals surface area contributed by atoms with Crippen molar-refractivity contribution < 1.29 is 8.42 Å². The molecule has 124 valence electrons. The van der Waals surface area contributed by atoms with Gasteiger partial charge in [-0.05, 0) is 56.9 Å². The predicted octanol–water partition coefficient (Wildman–Crippen LogP) is 3.54. The molecule has 3 nitrogen and oxygen atoms in total. The summed E-state index contributed by atoms with van der Waals surface area (Å²) >= 11 is 0. The minimum absolute atomic E-state index is 0.136. The topological polar surface area (TPSA) is 46.2 Å². The summed E-state index contributed by atoms with van der Waals surface area (Å²) in [7, 11) is -2.95. The van der Waals surface area contributed by atoms with Crippen molar-refractivity contribution in [3.05, 3.63) is 0 Å². The lowest BCUT2D eigenvalue weighted by Gasteiger charge is -2.36. The second kappa shape index (κ2) is 7.96. The van der Waals surface area contributed by atoms with Crippen molar-refractivity contribution in [2.75, 3.05) is 12.3 Å². The largest absolute Gasteiger partial charge is 0.313 e. The minimum Gasteiger partial charge on any atom is -0.313 e. The van der Waals surface area contributed by atoms with Crippen LogP contribution in [0, 0.1) is 11.8 Å². The van der Waals surface area contributed by atoms with Crippen molar-refractivity contribution in [2.24, 2.45) is 11.8 Å². The molecule has 0 radical (unpaired) electrons. The fourth-order valence-corrected chi connectivity index (χ4v) is 6.71. The second-order valence-electron chi connectivity index (χ2n) is 7.17. The summed E-state index contributed by atoms with van der Waals surface area (Å²) in [6, 6.07) is 0.194. The van der Waals surface area contributed by atoms with E-state index < -0.39 is 9.84 Å². The van der Waals surface area contributed by atoms with Gasteiger partial charge in [0.2, 0.25) is 0 Å². The lowest BCUT2D eigenvalue weighted by Crippen LogP contribution is -2.49. The molecule has 2 aliphatic rings. The van der Waals surface area contributed by atoms with Gasteiger partial charge in [-0.3, -0.25) is 0 Å². The van der Waals surface area contributed by atoms with Gasteiger partial charge in [-0.2, -0.15) is 0 Å². The van der Waals surface area contributed by atoms with Gasteiger partial charge in [-0.25, -0.2) is 8.42 Å². The molecule has 2 aliphatic carbocycles. The molecule has 0 aromatic rings. The Labute approximate surface area is 131 Å². The Morgan fingerprint density at radius 3 is 2.33 bits per heavy atom. The first kappa shape index (κ1) is 17.3. The van der Waals surface area contributed by atoms with Crippen molar-refractivity contribution in [3.63, 3.8) is 0 Å². The smallest absolute Gasteiger partial charge is 0.154 e. The van der Waals surface area contributed by atoms with Crippen LogP contribution in [0.15, 0.2) is 0 Å². The van der Waals surface area contributed by atoms with E-state index in [-0.39, 0.29) is 11.3 Å². The molecule has 4 heteroatoms. The number of hydrogen-bond donors (Lipinski definition) is 1. The number of hydrogen-bond acceptors (Lipinski definition) is 3. The van der Waals surface area contributed by atoms with Gasteiger partial charge in [-0.1, -0.05) is 33.1 Å². The van der Waals surface area contributed by atoms with Gasteiger partial charge in [0.15, 0.2) is 9.84 Å². The summed E-state index contributed by atoms with van der Waals surface area (Å²) in [5.74, 6) is 1.48. The average molecular weight is 316 g/mol. The van der Waals surface area contributed by atoms with Gasteiger partial charge in [0.05, 0.1) is 11.0 Å². The van der Waals surface area contributed by atoms with E-state index in [1.165, 1.54) is 19.3 Å². The van der Waals surface area contributed by atoms with E-state index in [1.807, 2.05) is 0 Å². The highest BCUT2D eigenvalue weighted by Gasteiger charge is 2.39. The van der Waals surface area contributed by atoms with E-state index in [0.29, 0.717) is 17.6 Å². The lowest BCUT2D eigenvalue weighted by atomic mass is 9.84. The van der Waals surface area contributed by atoms with Crippen LogP contribution >= 0.6 is 0 Å². The molecule has 0 aliphatic heterocycles. The fraction of sp³-hybridized carbons (Fsp3) is 1.00. The molecular weight excluding hydrogens is 282 g/mol. The normalized spacial score (nSPS) is 31.6. The predicted molar refractivity (Wildman–Crippen MR) is 89.2 cm³/mol. The molecule has 0 saturated heterocycles. The highest BCUT2D eigenvalue weighted by Crippen LogP contribution is 2.34. The van der Waals surface area contributed by atoms with Gasteiger partial charge in [0, 0.05) is 6.04 Å². The summed E-state index contributed by atoms with van der Waals surface area (Å²) in [6.07, 6.45) is 9.98. The van der Waals surface area contributed by atoms with E-state index in [2.05, 4.69) is 19.2 Å². The number of sulfone groups is 1. The quantitative estimate of drug-likeness (QED) is 0.781. The highest BCUT2D eigenvalue weighted by molar-refractivity contribution is 7.92. The number of nitrogens with one attached hydrogen (secondary N) is 1. The van der Waals surface area contributed by atoms with Crippen LogP contribution in [-0.4, -0.2) is 32.0 Å². The van der Waals surface area contributed by atoms with Crippen molar-refractivity contribution in [1.82, 2.24) is 5.32 Å². The minimum atomic E-state index is -2.95. The Morgan fingerprint density at radius 1 is 1.00 bits per heavy atom. The Kier molecular flexibility index (Phi) is 6.54. The van der Waals surface area contributed by atoms with E-state index in [4.69, 9.17) is 0 Å². The molecule has 0 aromatic heterocycles. The summed E-state index contributed by atoms with van der Waals surface area (Å²) in [5, 5.41) is 3.38. The summed E-state index contributed by atoms with van der Waals surface area (Å²) in [6.45, 7) is 5.29. The van der Waals surface area contributed by atoms with E-state index in [1.54, 1.807) is 0 Å². The van der Waals surface area contributed by atoms with E-state index >= 15 is 0 Å². The van der Waals surface area contributed by atoms with Crippen LogP contribution in [-0.2, 0) is 9.84 Å². The Morgan fingerprint density at radius 2 is 1.71 bits per heavy atom. The fourth-order valence-electron chi connectivity index (χ4n) is 4.17. The van der Waals surface area contributed by atoms with Gasteiger partial charge >= 0.3 is 0 Å². The molecule has 0 bridgehead atoms. The summed E-state index contributed by atoms with van der Waals surface area (Å²) in [5.41, 5.74) is 0. The summed E-state index contributed by atoms with van der Waals surface area (Å²) < 4.78 is 25.9.